The molecule has 6 rings (SSSR count). The van der Waals surface area contributed by atoms with Crippen molar-refractivity contribution in [3.8, 4) is 23.3 Å². The second kappa shape index (κ2) is 9.30. The van der Waals surface area contributed by atoms with E-state index in [1.165, 1.54) is 30.1 Å². The van der Waals surface area contributed by atoms with Crippen LogP contribution in [0.15, 0.2) is 52.6 Å². The third-order valence-corrected chi connectivity index (χ3v) is 8.76. The molecule has 1 amide bonds. The number of pyridine rings is 1. The lowest BCUT2D eigenvalue weighted by Crippen LogP contribution is -2.46. The van der Waals surface area contributed by atoms with E-state index < -0.39 is 5.82 Å². The van der Waals surface area contributed by atoms with Crippen molar-refractivity contribution in [2.75, 3.05) is 0 Å². The minimum Gasteiger partial charge on any atom is -0.337 e. The lowest BCUT2D eigenvalue weighted by Gasteiger charge is -2.38. The number of benzene rings is 1. The van der Waals surface area contributed by atoms with Crippen LogP contribution in [-0.4, -0.2) is 42.3 Å². The van der Waals surface area contributed by atoms with Gasteiger partial charge in [0.1, 0.15) is 18.0 Å². The summed E-state index contributed by atoms with van der Waals surface area (Å²) in [6.07, 6.45) is 9.33. The molecular weight excluding hydrogens is 501 g/mol. The van der Waals surface area contributed by atoms with E-state index in [0.29, 0.717) is 16.0 Å². The first-order valence-electron chi connectivity index (χ1n) is 12.5. The summed E-state index contributed by atoms with van der Waals surface area (Å²) in [7, 11) is 0. The molecule has 2 saturated heterocycles. The van der Waals surface area contributed by atoms with Crippen molar-refractivity contribution >= 4 is 23.2 Å². The van der Waals surface area contributed by atoms with Crippen molar-refractivity contribution in [1.82, 2.24) is 24.3 Å². The Morgan fingerprint density at radius 1 is 1.05 bits per heavy atom. The lowest BCUT2D eigenvalue weighted by atomic mass is 9.97. The SMILES string of the molecule is CC(=O)N1C2CCC1CC(n1cc(-c3cc(Sc4ccc(F)cc4C#N)c4c(C#N)cnn4c3)c(C)n1)C2. The minimum atomic E-state index is -0.475. The molecule has 2 atom stereocenters. The summed E-state index contributed by atoms with van der Waals surface area (Å²) < 4.78 is 17.5. The number of halogens is 1. The summed E-state index contributed by atoms with van der Waals surface area (Å²) in [5, 5.41) is 28.5. The number of hydrogen-bond donors (Lipinski definition) is 0. The fraction of sp³-hybridized carbons (Fsp3) is 0.321. The Kier molecular flexibility index (Phi) is 5.93. The smallest absolute Gasteiger partial charge is 0.219 e. The van der Waals surface area contributed by atoms with Gasteiger partial charge in [0.15, 0.2) is 0 Å². The van der Waals surface area contributed by atoms with Crippen molar-refractivity contribution in [2.45, 2.75) is 67.4 Å². The third-order valence-electron chi connectivity index (χ3n) is 7.65. The first kappa shape index (κ1) is 24.2. The Morgan fingerprint density at radius 3 is 2.47 bits per heavy atom. The first-order chi connectivity index (χ1) is 18.4. The first-order valence-corrected chi connectivity index (χ1v) is 13.3. The molecule has 190 valence electrons. The number of rotatable bonds is 4. The zero-order valence-electron chi connectivity index (χ0n) is 20.9. The molecule has 0 saturated carbocycles. The summed E-state index contributed by atoms with van der Waals surface area (Å²) in [6.45, 7) is 3.63. The van der Waals surface area contributed by atoms with Gasteiger partial charge in [-0.15, -0.1) is 0 Å². The van der Waals surface area contributed by atoms with Crippen LogP contribution in [0.1, 0.15) is 55.5 Å². The number of carbonyl (C=O) groups is 1. The van der Waals surface area contributed by atoms with Gasteiger partial charge in [-0.2, -0.15) is 20.7 Å². The van der Waals surface area contributed by atoms with Crippen LogP contribution < -0.4 is 0 Å². The average molecular weight is 526 g/mol. The van der Waals surface area contributed by atoms with Crippen molar-refractivity contribution in [1.29, 1.82) is 10.5 Å². The average Bonchev–Trinajstić information content (AvgIpc) is 3.58. The van der Waals surface area contributed by atoms with Crippen LogP contribution in [-0.2, 0) is 4.79 Å². The Hall–Kier alpha value is -4.15. The van der Waals surface area contributed by atoms with E-state index >= 15 is 0 Å². The maximum Gasteiger partial charge on any atom is 0.219 e. The van der Waals surface area contributed by atoms with Crippen molar-refractivity contribution < 1.29 is 9.18 Å². The number of hydrogen-bond acceptors (Lipinski definition) is 6. The molecule has 2 unspecified atom stereocenters. The molecular formula is C28H24FN7OS. The highest BCUT2D eigenvalue weighted by atomic mass is 32.2. The highest BCUT2D eigenvalue weighted by Gasteiger charge is 2.42. The molecule has 0 N–H and O–H groups in total. The van der Waals surface area contributed by atoms with Crippen LogP contribution in [0.2, 0.25) is 0 Å². The molecule has 0 radical (unpaired) electrons. The molecule has 2 bridgehead atoms. The zero-order valence-corrected chi connectivity index (χ0v) is 21.7. The molecule has 38 heavy (non-hydrogen) atoms. The van der Waals surface area contributed by atoms with E-state index in [9.17, 15) is 19.7 Å². The summed E-state index contributed by atoms with van der Waals surface area (Å²) >= 11 is 1.31. The number of nitriles is 2. The van der Waals surface area contributed by atoms with Gasteiger partial charge in [-0.05, 0) is 56.9 Å². The Bertz CT molecular complexity index is 1660. The highest BCUT2D eigenvalue weighted by Crippen LogP contribution is 2.42. The summed E-state index contributed by atoms with van der Waals surface area (Å²) in [6, 6.07) is 11.1. The molecule has 10 heteroatoms. The molecule has 1 aromatic carbocycles. The molecule has 2 fully saturated rings. The number of piperidine rings is 1. The van der Waals surface area contributed by atoms with Crippen LogP contribution in [0.3, 0.4) is 0 Å². The molecule has 4 aromatic rings. The van der Waals surface area contributed by atoms with Crippen LogP contribution in [0.5, 0.6) is 0 Å². The Balaban J connectivity index is 1.39. The predicted molar refractivity (Wildman–Crippen MR) is 139 cm³/mol. The van der Waals surface area contributed by atoms with Gasteiger partial charge in [-0.3, -0.25) is 9.48 Å². The van der Waals surface area contributed by atoms with E-state index in [1.807, 2.05) is 23.9 Å². The van der Waals surface area contributed by atoms with Crippen LogP contribution in [0.25, 0.3) is 16.6 Å². The third kappa shape index (κ3) is 4.02. The fourth-order valence-electron chi connectivity index (χ4n) is 6.02. The predicted octanol–water partition coefficient (Wildman–Crippen LogP) is 5.25. The van der Waals surface area contributed by atoms with Gasteiger partial charge in [0.05, 0.1) is 34.6 Å². The highest BCUT2D eigenvalue weighted by molar-refractivity contribution is 7.99. The van der Waals surface area contributed by atoms with Gasteiger partial charge in [-0.25, -0.2) is 8.91 Å². The number of fused-ring (bicyclic) bond motifs is 3. The number of aryl methyl sites for hydroxylation is 1. The topological polar surface area (TPSA) is 103 Å². The van der Waals surface area contributed by atoms with Gasteiger partial charge in [0.25, 0.3) is 0 Å². The van der Waals surface area contributed by atoms with Gasteiger partial charge in [-0.1, -0.05) is 11.8 Å². The summed E-state index contributed by atoms with van der Waals surface area (Å²) in [5.41, 5.74) is 3.97. The molecule has 0 aliphatic carbocycles. The van der Waals surface area contributed by atoms with E-state index in [-0.39, 0.29) is 29.6 Å². The normalized spacial score (nSPS) is 20.4. The molecule has 2 aliphatic heterocycles. The maximum atomic E-state index is 13.7. The quantitative estimate of drug-likeness (QED) is 0.360. The van der Waals surface area contributed by atoms with Crippen molar-refractivity contribution in [3.05, 3.63) is 65.5 Å². The second-order valence-electron chi connectivity index (χ2n) is 9.96. The lowest BCUT2D eigenvalue weighted by molar-refractivity contribution is -0.133. The van der Waals surface area contributed by atoms with Gasteiger partial charge >= 0.3 is 0 Å². The minimum absolute atomic E-state index is 0.156. The molecule has 0 spiro atoms. The number of carbonyl (C=O) groups excluding carboxylic acids is 1. The van der Waals surface area contributed by atoms with Crippen LogP contribution in [0, 0.1) is 35.4 Å². The summed E-state index contributed by atoms with van der Waals surface area (Å²) in [5.74, 6) is -0.319. The van der Waals surface area contributed by atoms with E-state index in [2.05, 4.69) is 28.3 Å². The molecule has 5 heterocycles. The van der Waals surface area contributed by atoms with Gasteiger partial charge in [0, 0.05) is 52.3 Å². The van der Waals surface area contributed by atoms with Gasteiger partial charge in [0.2, 0.25) is 5.91 Å². The largest absolute Gasteiger partial charge is 0.337 e. The fourth-order valence-corrected chi connectivity index (χ4v) is 7.09. The zero-order chi connectivity index (χ0) is 26.6. The van der Waals surface area contributed by atoms with Crippen LogP contribution in [0.4, 0.5) is 4.39 Å². The van der Waals surface area contributed by atoms with Crippen LogP contribution >= 0.6 is 11.8 Å². The Labute approximate surface area is 223 Å². The van der Waals surface area contributed by atoms with E-state index in [4.69, 9.17) is 5.10 Å². The molecule has 3 aromatic heterocycles. The molecule has 2 aliphatic rings. The number of nitrogens with zero attached hydrogens (tertiary/aromatic N) is 7. The second-order valence-corrected chi connectivity index (χ2v) is 11.0. The standard InChI is InChI=1S/C28H24FN7OS/c1-16-25(15-34(33-16)24-9-22-4-5-23(10-24)36(22)17(2)37)19-8-27(28-20(12-31)13-32-35(28)14-19)38-26-6-3-21(29)7-18(26)11-30/h3,6-8,13-15,22-24H,4-5,9-10H2,1-2H3. The van der Waals surface area contributed by atoms with E-state index in [0.717, 1.165) is 47.4 Å². The maximum absolute atomic E-state index is 13.7. The molecule has 8 nitrogen and oxygen atoms in total. The van der Waals surface area contributed by atoms with E-state index in [1.54, 1.807) is 17.5 Å². The Morgan fingerprint density at radius 2 is 1.79 bits per heavy atom. The number of amides is 1. The van der Waals surface area contributed by atoms with Crippen molar-refractivity contribution in [3.63, 3.8) is 0 Å². The number of aromatic nitrogens is 4. The van der Waals surface area contributed by atoms with Gasteiger partial charge < -0.3 is 4.90 Å². The van der Waals surface area contributed by atoms with Crippen molar-refractivity contribution in [2.24, 2.45) is 0 Å². The summed E-state index contributed by atoms with van der Waals surface area (Å²) in [4.78, 5) is 15.5. The monoisotopic (exact) mass is 525 g/mol.